The highest BCUT2D eigenvalue weighted by molar-refractivity contribution is 6.10. The minimum atomic E-state index is -0.145. The number of carbonyl (C=O) groups is 2. The first-order chi connectivity index (χ1) is 13.9. The molecule has 0 aromatic carbocycles. The third-order valence-corrected chi connectivity index (χ3v) is 6.61. The summed E-state index contributed by atoms with van der Waals surface area (Å²) in [7, 11) is 3.98. The molecule has 1 spiro atoms. The molecule has 6 nitrogen and oxygen atoms in total. The van der Waals surface area contributed by atoms with Gasteiger partial charge in [0.05, 0.1) is 5.70 Å². The van der Waals surface area contributed by atoms with E-state index in [1.165, 1.54) is 12.8 Å². The molecule has 1 aliphatic heterocycles. The van der Waals surface area contributed by atoms with Crippen molar-refractivity contribution in [2.75, 3.05) is 33.7 Å². The number of allylic oxidation sites excluding steroid dienone is 1. The maximum Gasteiger partial charge on any atom is 0.181 e. The van der Waals surface area contributed by atoms with Crippen molar-refractivity contribution in [1.82, 2.24) is 14.8 Å². The number of likely N-dealkylation sites (tertiary alicyclic amines) is 1. The summed E-state index contributed by atoms with van der Waals surface area (Å²) in [6.07, 6.45) is 7.89. The summed E-state index contributed by atoms with van der Waals surface area (Å²) < 4.78 is 0. The minimum absolute atomic E-state index is 0.0139. The molecule has 1 saturated heterocycles. The smallest absolute Gasteiger partial charge is 0.181 e. The average molecular weight is 393 g/mol. The van der Waals surface area contributed by atoms with Crippen molar-refractivity contribution < 1.29 is 9.59 Å². The van der Waals surface area contributed by atoms with Crippen molar-refractivity contribution in [3.63, 3.8) is 0 Å². The number of aromatic nitrogens is 1. The molecule has 152 valence electrons. The fourth-order valence-corrected chi connectivity index (χ4v) is 4.53. The first-order valence-corrected chi connectivity index (χ1v) is 10.5. The normalized spacial score (nSPS) is 20.1. The van der Waals surface area contributed by atoms with Crippen molar-refractivity contribution >= 4 is 17.3 Å². The second-order valence-corrected chi connectivity index (χ2v) is 8.98. The topological polar surface area (TPSA) is 77.3 Å². The molecular weight excluding hydrogens is 364 g/mol. The largest absolute Gasteiger partial charge is 0.370 e. The van der Waals surface area contributed by atoms with Gasteiger partial charge < -0.3 is 9.80 Å². The Morgan fingerprint density at radius 2 is 2.00 bits per heavy atom. The van der Waals surface area contributed by atoms with Gasteiger partial charge in [0.15, 0.2) is 11.6 Å². The van der Waals surface area contributed by atoms with E-state index in [0.717, 1.165) is 55.7 Å². The summed E-state index contributed by atoms with van der Waals surface area (Å²) in [6.45, 7) is 2.58. The first-order valence-electron chi connectivity index (χ1n) is 10.5. The molecule has 3 aliphatic rings. The fraction of sp³-hybridized carbons (Fsp3) is 0.565. The second kappa shape index (κ2) is 7.72. The van der Waals surface area contributed by atoms with Crippen LogP contribution in [0, 0.1) is 16.7 Å². The van der Waals surface area contributed by atoms with Gasteiger partial charge in [-0.3, -0.25) is 14.6 Å². The standard InChI is InChI=1S/C23H28N4O2/c1-26(2)9-3-4-20(28)19-13-17-16(15-25-19)12-21(29)18(14-24)22(17)27-10-7-23(5-6-23)8-11-27/h13,15H,3-12H2,1-2H3. The van der Waals surface area contributed by atoms with Crippen LogP contribution in [0.15, 0.2) is 17.8 Å². The maximum atomic E-state index is 12.7. The Bertz CT molecular complexity index is 911. The Kier molecular flexibility index (Phi) is 5.26. The van der Waals surface area contributed by atoms with Crippen LogP contribution in [0.4, 0.5) is 0 Å². The van der Waals surface area contributed by atoms with E-state index in [0.29, 0.717) is 17.5 Å². The highest BCUT2D eigenvalue weighted by atomic mass is 16.1. The Labute approximate surface area is 172 Å². The van der Waals surface area contributed by atoms with Crippen molar-refractivity contribution in [2.45, 2.75) is 44.9 Å². The zero-order chi connectivity index (χ0) is 20.6. The number of pyridine rings is 1. The van der Waals surface area contributed by atoms with Crippen LogP contribution in [0.25, 0.3) is 5.70 Å². The van der Waals surface area contributed by atoms with Crippen molar-refractivity contribution in [3.05, 3.63) is 34.7 Å². The molecule has 29 heavy (non-hydrogen) atoms. The summed E-state index contributed by atoms with van der Waals surface area (Å²) in [5.41, 5.74) is 3.57. The van der Waals surface area contributed by atoms with E-state index in [1.54, 1.807) is 6.20 Å². The van der Waals surface area contributed by atoms with Gasteiger partial charge in [-0.25, -0.2) is 0 Å². The lowest BCUT2D eigenvalue weighted by Crippen LogP contribution is -2.36. The van der Waals surface area contributed by atoms with Gasteiger partial charge in [0, 0.05) is 37.7 Å². The predicted octanol–water partition coefficient (Wildman–Crippen LogP) is 2.84. The van der Waals surface area contributed by atoms with Crippen LogP contribution in [0.3, 0.4) is 0 Å². The Morgan fingerprint density at radius 3 is 2.62 bits per heavy atom. The molecule has 2 fully saturated rings. The summed E-state index contributed by atoms with van der Waals surface area (Å²) in [5.74, 6) is -0.131. The van der Waals surface area contributed by atoms with E-state index in [1.807, 2.05) is 20.2 Å². The van der Waals surface area contributed by atoms with Gasteiger partial charge in [0.2, 0.25) is 0 Å². The molecule has 1 aromatic heterocycles. The molecule has 0 amide bonds. The van der Waals surface area contributed by atoms with E-state index in [2.05, 4.69) is 20.9 Å². The number of Topliss-reactive ketones (excluding diaryl/α,β-unsaturated/α-hetero) is 2. The number of hydrogen-bond donors (Lipinski definition) is 0. The van der Waals surface area contributed by atoms with Crippen LogP contribution in [0.2, 0.25) is 0 Å². The number of fused-ring (bicyclic) bond motifs is 1. The molecule has 0 N–H and O–H groups in total. The molecule has 0 atom stereocenters. The molecule has 1 aromatic rings. The van der Waals surface area contributed by atoms with Crippen LogP contribution in [-0.2, 0) is 11.2 Å². The first kappa shape index (κ1) is 19.8. The number of nitrogens with zero attached hydrogens (tertiary/aromatic N) is 4. The maximum absolute atomic E-state index is 12.7. The lowest BCUT2D eigenvalue weighted by Gasteiger charge is -2.37. The van der Waals surface area contributed by atoms with Crippen LogP contribution in [0.1, 0.15) is 60.1 Å². The van der Waals surface area contributed by atoms with Crippen LogP contribution >= 0.6 is 0 Å². The summed E-state index contributed by atoms with van der Waals surface area (Å²) >= 11 is 0. The monoisotopic (exact) mass is 392 g/mol. The van der Waals surface area contributed by atoms with Gasteiger partial charge in [0.1, 0.15) is 17.3 Å². The van der Waals surface area contributed by atoms with E-state index < -0.39 is 0 Å². The summed E-state index contributed by atoms with van der Waals surface area (Å²) in [5, 5.41) is 9.71. The molecule has 2 heterocycles. The third-order valence-electron chi connectivity index (χ3n) is 6.61. The minimum Gasteiger partial charge on any atom is -0.370 e. The van der Waals surface area contributed by atoms with Crippen molar-refractivity contribution in [1.29, 1.82) is 5.26 Å². The Balaban J connectivity index is 1.63. The number of ketones is 2. The van der Waals surface area contributed by atoms with E-state index >= 15 is 0 Å². The van der Waals surface area contributed by atoms with Crippen molar-refractivity contribution in [3.8, 4) is 6.07 Å². The molecule has 6 heteroatoms. The van der Waals surface area contributed by atoms with Crippen LogP contribution in [0.5, 0.6) is 0 Å². The van der Waals surface area contributed by atoms with Crippen LogP contribution in [-0.4, -0.2) is 60.1 Å². The predicted molar refractivity (Wildman–Crippen MR) is 110 cm³/mol. The molecular formula is C23H28N4O2. The van der Waals surface area contributed by atoms with Gasteiger partial charge in [0.25, 0.3) is 0 Å². The molecule has 0 unspecified atom stereocenters. The summed E-state index contributed by atoms with van der Waals surface area (Å²) in [4.78, 5) is 33.9. The van der Waals surface area contributed by atoms with E-state index in [4.69, 9.17) is 0 Å². The molecule has 0 bridgehead atoms. The highest BCUT2D eigenvalue weighted by Gasteiger charge is 2.45. The van der Waals surface area contributed by atoms with Gasteiger partial charge >= 0.3 is 0 Å². The highest BCUT2D eigenvalue weighted by Crippen LogP contribution is 2.54. The Hall–Kier alpha value is -2.52. The lowest BCUT2D eigenvalue weighted by atomic mass is 9.86. The third kappa shape index (κ3) is 3.97. The number of nitriles is 1. The van der Waals surface area contributed by atoms with Gasteiger partial charge in [-0.2, -0.15) is 5.26 Å². The zero-order valence-corrected chi connectivity index (χ0v) is 17.3. The fourth-order valence-electron chi connectivity index (χ4n) is 4.53. The number of carbonyl (C=O) groups excluding carboxylic acids is 2. The van der Waals surface area contributed by atoms with E-state index in [-0.39, 0.29) is 23.6 Å². The number of rotatable bonds is 6. The Morgan fingerprint density at radius 1 is 1.28 bits per heavy atom. The van der Waals surface area contributed by atoms with Gasteiger partial charge in [-0.05, 0) is 69.8 Å². The lowest BCUT2D eigenvalue weighted by molar-refractivity contribution is -0.114. The van der Waals surface area contributed by atoms with Gasteiger partial charge in [-0.15, -0.1) is 0 Å². The average Bonchev–Trinajstić information content (AvgIpc) is 3.46. The molecule has 4 rings (SSSR count). The quantitative estimate of drug-likeness (QED) is 0.693. The van der Waals surface area contributed by atoms with Crippen LogP contribution < -0.4 is 0 Å². The molecule has 2 aliphatic carbocycles. The SMILES string of the molecule is CN(C)CCCC(=O)c1cc2c(cn1)CC(=O)C(C#N)=C2N1CCC2(CC1)CC2. The van der Waals surface area contributed by atoms with Gasteiger partial charge in [-0.1, -0.05) is 0 Å². The second-order valence-electron chi connectivity index (χ2n) is 8.98. The van der Waals surface area contributed by atoms with Crippen molar-refractivity contribution in [2.24, 2.45) is 5.41 Å². The van der Waals surface area contributed by atoms with E-state index in [9.17, 15) is 14.9 Å². The summed E-state index contributed by atoms with van der Waals surface area (Å²) in [6, 6.07) is 3.96. The number of hydrogen-bond acceptors (Lipinski definition) is 6. The number of piperidine rings is 1. The zero-order valence-electron chi connectivity index (χ0n) is 17.3. The molecule has 1 saturated carbocycles. The molecule has 0 radical (unpaired) electrons.